The maximum absolute atomic E-state index is 13.1. The number of carbonyl (C=O) groups is 1. The van der Waals surface area contributed by atoms with E-state index in [-0.39, 0.29) is 17.3 Å². The molecular weight excluding hydrogens is 291 g/mol. The lowest BCUT2D eigenvalue weighted by Crippen LogP contribution is -2.62. The molecule has 0 unspecified atom stereocenters. The van der Waals surface area contributed by atoms with Crippen LogP contribution < -0.4 is 0 Å². The van der Waals surface area contributed by atoms with E-state index < -0.39 is 0 Å². The number of amides is 1. The van der Waals surface area contributed by atoms with Crippen molar-refractivity contribution in [3.8, 4) is 0 Å². The summed E-state index contributed by atoms with van der Waals surface area (Å²) >= 11 is 0. The van der Waals surface area contributed by atoms with Crippen molar-refractivity contribution >= 4 is 5.91 Å². The minimum Gasteiger partial charge on any atom is -0.332 e. The Kier molecular flexibility index (Phi) is 4.81. The molecule has 23 heavy (non-hydrogen) atoms. The first-order chi connectivity index (χ1) is 11.1. The molecule has 2 saturated heterocycles. The summed E-state index contributed by atoms with van der Waals surface area (Å²) in [6, 6.07) is 6.74. The molecule has 1 atom stereocenters. The third kappa shape index (κ3) is 3.47. The van der Waals surface area contributed by atoms with Gasteiger partial charge in [-0.2, -0.15) is 0 Å². The van der Waals surface area contributed by atoms with Crippen LogP contribution in [0.5, 0.6) is 0 Å². The molecule has 2 heterocycles. The van der Waals surface area contributed by atoms with Gasteiger partial charge in [-0.3, -0.25) is 9.69 Å². The molecule has 0 N–H and O–H groups in total. The monoisotopic (exact) mass is 316 g/mol. The number of rotatable bonds is 4. The Hall–Kier alpha value is -1.68. The second-order valence-corrected chi connectivity index (χ2v) is 6.81. The van der Waals surface area contributed by atoms with Gasteiger partial charge < -0.3 is 4.90 Å². The van der Waals surface area contributed by atoms with E-state index in [1.165, 1.54) is 12.1 Å². The molecule has 3 rings (SSSR count). The zero-order valence-electron chi connectivity index (χ0n) is 13.6. The fraction of sp³-hybridized carbons (Fsp3) is 0.526. The molecule has 3 nitrogen and oxygen atoms in total. The zero-order chi connectivity index (χ0) is 16.3. The molecule has 0 aliphatic carbocycles. The van der Waals surface area contributed by atoms with Crippen molar-refractivity contribution in [1.29, 1.82) is 0 Å². The second-order valence-electron chi connectivity index (χ2n) is 6.81. The number of hydrogen-bond donors (Lipinski definition) is 0. The van der Waals surface area contributed by atoms with Gasteiger partial charge in [0.05, 0.1) is 5.54 Å². The number of halogens is 1. The van der Waals surface area contributed by atoms with Crippen LogP contribution in [-0.2, 0) is 11.3 Å². The van der Waals surface area contributed by atoms with Gasteiger partial charge in [0, 0.05) is 26.1 Å². The van der Waals surface area contributed by atoms with Crippen LogP contribution in [0.15, 0.2) is 36.9 Å². The van der Waals surface area contributed by atoms with Crippen molar-refractivity contribution in [3.63, 3.8) is 0 Å². The van der Waals surface area contributed by atoms with Crippen LogP contribution in [-0.4, -0.2) is 40.9 Å². The molecular formula is C19H25FN2O. The maximum Gasteiger partial charge on any atom is 0.223 e. The molecule has 2 fully saturated rings. The summed E-state index contributed by atoms with van der Waals surface area (Å²) in [7, 11) is 0. The average molecular weight is 316 g/mol. The van der Waals surface area contributed by atoms with E-state index in [4.69, 9.17) is 0 Å². The standard InChI is InChI=1S/C19H25FN2O/c1-2-12-22-18(23)5-3-10-19(22)11-4-13-21(15-19)14-16-6-8-17(20)9-7-16/h2,6-9H,1,3-5,10-15H2/t19-/m0/s1. The summed E-state index contributed by atoms with van der Waals surface area (Å²) in [5.41, 5.74) is 1.09. The van der Waals surface area contributed by atoms with E-state index in [9.17, 15) is 9.18 Å². The molecule has 2 aliphatic rings. The zero-order valence-corrected chi connectivity index (χ0v) is 13.6. The van der Waals surface area contributed by atoms with Gasteiger partial charge in [0.15, 0.2) is 0 Å². The topological polar surface area (TPSA) is 23.6 Å². The molecule has 0 radical (unpaired) electrons. The fourth-order valence-corrected chi connectivity index (χ4v) is 4.14. The van der Waals surface area contributed by atoms with Gasteiger partial charge >= 0.3 is 0 Å². The first-order valence-corrected chi connectivity index (χ1v) is 8.51. The Labute approximate surface area is 137 Å². The molecule has 1 amide bonds. The highest BCUT2D eigenvalue weighted by Gasteiger charge is 2.44. The van der Waals surface area contributed by atoms with Crippen molar-refractivity contribution in [2.75, 3.05) is 19.6 Å². The normalized spacial score (nSPS) is 25.8. The van der Waals surface area contributed by atoms with Crippen LogP contribution in [0.3, 0.4) is 0 Å². The first kappa shape index (κ1) is 16.2. The molecule has 1 aromatic carbocycles. The van der Waals surface area contributed by atoms with E-state index in [0.29, 0.717) is 13.0 Å². The van der Waals surface area contributed by atoms with Crippen molar-refractivity contribution in [3.05, 3.63) is 48.3 Å². The Morgan fingerprint density at radius 3 is 2.70 bits per heavy atom. The predicted octanol–water partition coefficient (Wildman–Crippen LogP) is 3.36. The van der Waals surface area contributed by atoms with Gasteiger partial charge in [-0.15, -0.1) is 6.58 Å². The third-order valence-corrected chi connectivity index (χ3v) is 5.17. The van der Waals surface area contributed by atoms with Crippen molar-refractivity contribution in [1.82, 2.24) is 9.80 Å². The van der Waals surface area contributed by atoms with Crippen molar-refractivity contribution in [2.24, 2.45) is 0 Å². The van der Waals surface area contributed by atoms with Crippen molar-refractivity contribution < 1.29 is 9.18 Å². The Balaban J connectivity index is 1.74. The molecule has 1 spiro atoms. The number of nitrogens with zero attached hydrogens (tertiary/aromatic N) is 2. The number of likely N-dealkylation sites (tertiary alicyclic amines) is 2. The number of hydrogen-bond acceptors (Lipinski definition) is 2. The predicted molar refractivity (Wildman–Crippen MR) is 89.4 cm³/mol. The fourth-order valence-electron chi connectivity index (χ4n) is 4.14. The van der Waals surface area contributed by atoms with Crippen LogP contribution in [0.25, 0.3) is 0 Å². The van der Waals surface area contributed by atoms with E-state index in [1.54, 1.807) is 0 Å². The van der Waals surface area contributed by atoms with Gasteiger partial charge in [0.2, 0.25) is 5.91 Å². The van der Waals surface area contributed by atoms with Crippen LogP contribution in [0.1, 0.15) is 37.7 Å². The van der Waals surface area contributed by atoms with Gasteiger partial charge in [-0.1, -0.05) is 18.2 Å². The molecule has 124 valence electrons. The van der Waals surface area contributed by atoms with Gasteiger partial charge in [-0.25, -0.2) is 4.39 Å². The van der Waals surface area contributed by atoms with Crippen LogP contribution in [0.4, 0.5) is 4.39 Å². The van der Waals surface area contributed by atoms with Crippen molar-refractivity contribution in [2.45, 2.75) is 44.2 Å². The third-order valence-electron chi connectivity index (χ3n) is 5.17. The van der Waals surface area contributed by atoms with E-state index in [1.807, 2.05) is 18.2 Å². The number of benzene rings is 1. The minimum atomic E-state index is -0.195. The Bertz CT molecular complexity index is 567. The van der Waals surface area contributed by atoms with E-state index in [0.717, 1.165) is 50.9 Å². The van der Waals surface area contributed by atoms with Crippen LogP contribution in [0, 0.1) is 5.82 Å². The lowest BCUT2D eigenvalue weighted by Gasteiger charge is -2.52. The smallest absolute Gasteiger partial charge is 0.223 e. The lowest BCUT2D eigenvalue weighted by atomic mass is 9.79. The number of piperidine rings is 2. The molecule has 2 aliphatic heterocycles. The molecule has 0 bridgehead atoms. The van der Waals surface area contributed by atoms with Gasteiger partial charge in [-0.05, 0) is 49.9 Å². The Morgan fingerprint density at radius 2 is 1.96 bits per heavy atom. The summed E-state index contributed by atoms with van der Waals surface area (Å²) in [6.45, 7) is 7.22. The highest BCUT2D eigenvalue weighted by Crippen LogP contribution is 2.37. The van der Waals surface area contributed by atoms with E-state index in [2.05, 4.69) is 16.4 Å². The SMILES string of the molecule is C=CCN1C(=O)CCC[C@@]12CCCN(Cc1ccc(F)cc1)C2. The highest BCUT2D eigenvalue weighted by molar-refractivity contribution is 5.78. The highest BCUT2D eigenvalue weighted by atomic mass is 19.1. The van der Waals surface area contributed by atoms with Crippen LogP contribution in [0.2, 0.25) is 0 Å². The summed E-state index contributed by atoms with van der Waals surface area (Å²) in [5, 5.41) is 0. The second kappa shape index (κ2) is 6.83. The summed E-state index contributed by atoms with van der Waals surface area (Å²) in [5.74, 6) is 0.0682. The quantitative estimate of drug-likeness (QED) is 0.795. The van der Waals surface area contributed by atoms with E-state index >= 15 is 0 Å². The number of carbonyl (C=O) groups excluding carboxylic acids is 1. The first-order valence-electron chi connectivity index (χ1n) is 8.51. The van der Waals surface area contributed by atoms with Gasteiger partial charge in [0.1, 0.15) is 5.82 Å². The summed E-state index contributed by atoms with van der Waals surface area (Å²) in [6.07, 6.45) is 6.73. The largest absolute Gasteiger partial charge is 0.332 e. The molecule has 1 aromatic rings. The van der Waals surface area contributed by atoms with Gasteiger partial charge in [0.25, 0.3) is 0 Å². The lowest BCUT2D eigenvalue weighted by molar-refractivity contribution is -0.144. The molecule has 4 heteroatoms. The molecule has 0 aromatic heterocycles. The summed E-state index contributed by atoms with van der Waals surface area (Å²) < 4.78 is 13.1. The Morgan fingerprint density at radius 1 is 1.22 bits per heavy atom. The maximum atomic E-state index is 13.1. The summed E-state index contributed by atoms with van der Waals surface area (Å²) in [4.78, 5) is 16.8. The minimum absolute atomic E-state index is 0.0399. The average Bonchev–Trinajstić information content (AvgIpc) is 2.54. The van der Waals surface area contributed by atoms with Crippen LogP contribution >= 0.6 is 0 Å². The molecule has 0 saturated carbocycles.